The number of rotatable bonds is 6. The van der Waals surface area contributed by atoms with Gasteiger partial charge in [-0.1, -0.05) is 0 Å². The van der Waals surface area contributed by atoms with E-state index in [-0.39, 0.29) is 5.84 Å². The Morgan fingerprint density at radius 1 is 1.29 bits per heavy atom. The van der Waals surface area contributed by atoms with Gasteiger partial charge in [0.05, 0.1) is 0 Å². The average Bonchev–Trinajstić information content (AvgIpc) is 2.28. The quantitative estimate of drug-likeness (QED) is 0.564. The molecule has 3 N–H and O–H groups in total. The summed E-state index contributed by atoms with van der Waals surface area (Å²) in [6.07, 6.45) is 2.74. The highest BCUT2D eigenvalue weighted by Gasteiger charge is 2.03. The number of amidine groups is 1. The molecular weight excluding hydrogens is 214 g/mol. The fourth-order valence-corrected chi connectivity index (χ4v) is 1.51. The smallest absolute Gasteiger partial charge is 0.128 e. The van der Waals surface area contributed by atoms with Crippen molar-refractivity contribution in [1.29, 1.82) is 5.41 Å². The molecule has 1 aromatic heterocycles. The van der Waals surface area contributed by atoms with E-state index in [0.29, 0.717) is 5.56 Å². The van der Waals surface area contributed by atoms with Crippen molar-refractivity contribution in [3.8, 4) is 0 Å². The Morgan fingerprint density at radius 2 is 2.00 bits per heavy atom. The third-order valence-electron chi connectivity index (χ3n) is 2.55. The van der Waals surface area contributed by atoms with Gasteiger partial charge in [0.15, 0.2) is 0 Å². The van der Waals surface area contributed by atoms with Crippen molar-refractivity contribution in [2.45, 2.75) is 6.42 Å². The molecule has 1 aromatic rings. The zero-order valence-corrected chi connectivity index (χ0v) is 10.8. The second kappa shape index (κ2) is 6.20. The maximum Gasteiger partial charge on any atom is 0.128 e. The second-order valence-corrected chi connectivity index (χ2v) is 4.40. The lowest BCUT2D eigenvalue weighted by atomic mass is 10.2. The molecule has 0 fully saturated rings. The summed E-state index contributed by atoms with van der Waals surface area (Å²) >= 11 is 0. The number of nitrogens with zero attached hydrogens (tertiary/aromatic N) is 3. The van der Waals surface area contributed by atoms with Crippen molar-refractivity contribution in [3.05, 3.63) is 23.9 Å². The van der Waals surface area contributed by atoms with Gasteiger partial charge in [-0.05, 0) is 39.2 Å². The highest BCUT2D eigenvalue weighted by Crippen LogP contribution is 2.09. The van der Waals surface area contributed by atoms with Crippen LogP contribution in [0.1, 0.15) is 12.0 Å². The van der Waals surface area contributed by atoms with Crippen LogP contribution in [0, 0.1) is 5.41 Å². The molecule has 0 aliphatic rings. The summed E-state index contributed by atoms with van der Waals surface area (Å²) in [6.45, 7) is 2.03. The predicted octanol–water partition coefficient (Wildman–Crippen LogP) is 0.754. The number of nitrogen functional groups attached to an aromatic ring is 1. The van der Waals surface area contributed by atoms with Crippen LogP contribution in [-0.2, 0) is 0 Å². The van der Waals surface area contributed by atoms with E-state index in [1.165, 1.54) is 0 Å². The van der Waals surface area contributed by atoms with Crippen LogP contribution in [0.15, 0.2) is 18.3 Å². The highest BCUT2D eigenvalue weighted by molar-refractivity contribution is 5.94. The fraction of sp³-hybridized carbons (Fsp3) is 0.500. The monoisotopic (exact) mass is 235 g/mol. The SMILES string of the molecule is CN(C)CCCN(C)c1ccc(C(=N)N)cn1. The van der Waals surface area contributed by atoms with Crippen LogP contribution in [0.4, 0.5) is 5.82 Å². The molecule has 0 saturated carbocycles. The van der Waals surface area contributed by atoms with Gasteiger partial charge in [-0.3, -0.25) is 5.41 Å². The summed E-state index contributed by atoms with van der Waals surface area (Å²) in [7, 11) is 6.16. The first-order chi connectivity index (χ1) is 8.00. The first-order valence-electron chi connectivity index (χ1n) is 5.67. The topological polar surface area (TPSA) is 69.2 Å². The second-order valence-electron chi connectivity index (χ2n) is 4.40. The van der Waals surface area contributed by atoms with Crippen LogP contribution < -0.4 is 10.6 Å². The van der Waals surface area contributed by atoms with E-state index in [0.717, 1.165) is 25.3 Å². The maximum absolute atomic E-state index is 7.29. The van der Waals surface area contributed by atoms with Gasteiger partial charge < -0.3 is 15.5 Å². The number of nitrogens with two attached hydrogens (primary N) is 1. The van der Waals surface area contributed by atoms with Gasteiger partial charge in [0.2, 0.25) is 0 Å². The van der Waals surface area contributed by atoms with Crippen LogP contribution in [-0.4, -0.2) is 50.0 Å². The molecular formula is C12H21N5. The minimum Gasteiger partial charge on any atom is -0.384 e. The van der Waals surface area contributed by atoms with E-state index in [1.54, 1.807) is 6.20 Å². The molecule has 0 unspecified atom stereocenters. The number of aromatic nitrogens is 1. The van der Waals surface area contributed by atoms with Crippen molar-refractivity contribution < 1.29 is 0 Å². The van der Waals surface area contributed by atoms with Crippen molar-refractivity contribution in [3.63, 3.8) is 0 Å². The van der Waals surface area contributed by atoms with Gasteiger partial charge in [-0.2, -0.15) is 0 Å². The van der Waals surface area contributed by atoms with Crippen LogP contribution in [0.25, 0.3) is 0 Å². The molecule has 5 nitrogen and oxygen atoms in total. The van der Waals surface area contributed by atoms with Crippen molar-refractivity contribution in [2.75, 3.05) is 39.1 Å². The third-order valence-corrected chi connectivity index (χ3v) is 2.55. The molecule has 0 atom stereocenters. The van der Waals surface area contributed by atoms with Gasteiger partial charge in [0.25, 0.3) is 0 Å². The Bertz CT molecular complexity index is 358. The number of hydrogen-bond donors (Lipinski definition) is 2. The van der Waals surface area contributed by atoms with E-state index >= 15 is 0 Å². The zero-order valence-electron chi connectivity index (χ0n) is 10.8. The number of pyridine rings is 1. The molecule has 1 rings (SSSR count). The average molecular weight is 235 g/mol. The van der Waals surface area contributed by atoms with Crippen LogP contribution in [0.3, 0.4) is 0 Å². The Morgan fingerprint density at radius 3 is 2.47 bits per heavy atom. The Labute approximate surface area is 103 Å². The minimum absolute atomic E-state index is 0.0549. The lowest BCUT2D eigenvalue weighted by molar-refractivity contribution is 0.401. The molecule has 0 aromatic carbocycles. The Balaban J connectivity index is 2.51. The molecule has 0 amide bonds. The molecule has 0 radical (unpaired) electrons. The van der Waals surface area contributed by atoms with E-state index in [1.807, 2.05) is 19.2 Å². The summed E-state index contributed by atoms with van der Waals surface area (Å²) in [6, 6.07) is 3.72. The minimum atomic E-state index is 0.0549. The molecule has 0 saturated heterocycles. The molecule has 5 heteroatoms. The summed E-state index contributed by atoms with van der Waals surface area (Å²) in [5, 5.41) is 7.29. The zero-order chi connectivity index (χ0) is 12.8. The van der Waals surface area contributed by atoms with E-state index in [4.69, 9.17) is 11.1 Å². The van der Waals surface area contributed by atoms with E-state index < -0.39 is 0 Å². The van der Waals surface area contributed by atoms with Crippen molar-refractivity contribution in [1.82, 2.24) is 9.88 Å². The molecule has 94 valence electrons. The maximum atomic E-state index is 7.29. The molecule has 0 spiro atoms. The summed E-state index contributed by atoms with van der Waals surface area (Å²) in [5.41, 5.74) is 6.04. The van der Waals surface area contributed by atoms with Gasteiger partial charge in [0.1, 0.15) is 11.7 Å². The van der Waals surface area contributed by atoms with Crippen molar-refractivity contribution in [2.24, 2.45) is 5.73 Å². The fourth-order valence-electron chi connectivity index (χ4n) is 1.51. The standard InChI is InChI=1S/C12H21N5/c1-16(2)7-4-8-17(3)11-6-5-10(9-15-11)12(13)14/h5-6,9H,4,7-8H2,1-3H3,(H3,13,14). The number of nitrogens with one attached hydrogen (secondary N) is 1. The molecule has 17 heavy (non-hydrogen) atoms. The Kier molecular flexibility index (Phi) is 4.90. The first-order valence-corrected chi connectivity index (χ1v) is 5.67. The summed E-state index contributed by atoms with van der Waals surface area (Å²) in [4.78, 5) is 8.56. The van der Waals surface area contributed by atoms with E-state index in [9.17, 15) is 0 Å². The van der Waals surface area contributed by atoms with Gasteiger partial charge in [0, 0.05) is 25.4 Å². The number of anilines is 1. The van der Waals surface area contributed by atoms with Crippen LogP contribution in [0.2, 0.25) is 0 Å². The first kappa shape index (κ1) is 13.4. The van der Waals surface area contributed by atoms with Gasteiger partial charge >= 0.3 is 0 Å². The Hall–Kier alpha value is -1.62. The molecule has 0 aliphatic carbocycles. The predicted molar refractivity (Wildman–Crippen MR) is 71.7 cm³/mol. The van der Waals surface area contributed by atoms with Gasteiger partial charge in [-0.25, -0.2) is 4.98 Å². The summed E-state index contributed by atoms with van der Waals surface area (Å²) in [5.74, 6) is 0.966. The van der Waals surface area contributed by atoms with Gasteiger partial charge in [-0.15, -0.1) is 0 Å². The molecule has 1 heterocycles. The summed E-state index contributed by atoms with van der Waals surface area (Å²) < 4.78 is 0. The third kappa shape index (κ3) is 4.40. The lowest BCUT2D eigenvalue weighted by Gasteiger charge is -2.19. The lowest BCUT2D eigenvalue weighted by Crippen LogP contribution is -2.24. The molecule has 0 bridgehead atoms. The van der Waals surface area contributed by atoms with E-state index in [2.05, 4.69) is 28.9 Å². The van der Waals surface area contributed by atoms with Crippen LogP contribution in [0.5, 0.6) is 0 Å². The molecule has 0 aliphatic heterocycles. The largest absolute Gasteiger partial charge is 0.384 e. The highest BCUT2D eigenvalue weighted by atomic mass is 15.2. The van der Waals surface area contributed by atoms with Crippen molar-refractivity contribution >= 4 is 11.7 Å². The van der Waals surface area contributed by atoms with Crippen LogP contribution >= 0.6 is 0 Å². The number of hydrogen-bond acceptors (Lipinski definition) is 4. The normalized spacial score (nSPS) is 10.6.